The van der Waals surface area contributed by atoms with E-state index in [-0.39, 0.29) is 5.56 Å². The third-order valence-electron chi connectivity index (χ3n) is 3.30. The fourth-order valence-electron chi connectivity index (χ4n) is 2.23. The van der Waals surface area contributed by atoms with Crippen molar-refractivity contribution >= 4 is 5.97 Å². The van der Waals surface area contributed by atoms with Gasteiger partial charge in [0.1, 0.15) is 5.56 Å². The predicted octanol–water partition coefficient (Wildman–Crippen LogP) is 2.71. The van der Waals surface area contributed by atoms with Crippen molar-refractivity contribution in [1.29, 1.82) is 0 Å². The van der Waals surface area contributed by atoms with E-state index in [0.717, 1.165) is 16.7 Å². The second-order valence-electron chi connectivity index (χ2n) is 4.49. The smallest absolute Gasteiger partial charge is 0.339 e. The van der Waals surface area contributed by atoms with E-state index in [4.69, 9.17) is 0 Å². The van der Waals surface area contributed by atoms with Crippen molar-refractivity contribution in [2.45, 2.75) is 20.8 Å². The van der Waals surface area contributed by atoms with Crippen LogP contribution in [-0.2, 0) is 7.05 Å². The van der Waals surface area contributed by atoms with Crippen molar-refractivity contribution in [3.8, 4) is 11.3 Å². The van der Waals surface area contributed by atoms with Crippen molar-refractivity contribution in [3.05, 3.63) is 40.6 Å². The van der Waals surface area contributed by atoms with Gasteiger partial charge in [0, 0.05) is 12.6 Å². The summed E-state index contributed by atoms with van der Waals surface area (Å²) in [7, 11) is 1.77. The van der Waals surface area contributed by atoms with Gasteiger partial charge in [-0.3, -0.25) is 4.68 Å². The van der Waals surface area contributed by atoms with Gasteiger partial charge in [0.25, 0.3) is 0 Å². The maximum atomic E-state index is 11.4. The molecule has 4 nitrogen and oxygen atoms in total. The van der Waals surface area contributed by atoms with Gasteiger partial charge < -0.3 is 5.11 Å². The van der Waals surface area contributed by atoms with Crippen LogP contribution in [0.4, 0.5) is 0 Å². The summed E-state index contributed by atoms with van der Waals surface area (Å²) in [5.41, 5.74) is 4.65. The zero-order chi connectivity index (χ0) is 13.4. The van der Waals surface area contributed by atoms with Crippen molar-refractivity contribution in [2.75, 3.05) is 0 Å². The average molecular weight is 244 g/mol. The summed E-state index contributed by atoms with van der Waals surface area (Å²) in [5.74, 6) is -0.934. The third-order valence-corrected chi connectivity index (χ3v) is 3.30. The summed E-state index contributed by atoms with van der Waals surface area (Å²) in [6, 6.07) is 5.89. The Morgan fingerprint density at radius 3 is 2.56 bits per heavy atom. The molecule has 0 spiro atoms. The van der Waals surface area contributed by atoms with Crippen molar-refractivity contribution in [1.82, 2.24) is 9.78 Å². The number of nitrogens with zero attached hydrogens (tertiary/aromatic N) is 2. The molecular weight excluding hydrogens is 228 g/mol. The van der Waals surface area contributed by atoms with Crippen LogP contribution >= 0.6 is 0 Å². The summed E-state index contributed by atoms with van der Waals surface area (Å²) in [4.78, 5) is 11.4. The average Bonchev–Trinajstić information content (AvgIpc) is 2.57. The van der Waals surface area contributed by atoms with Crippen LogP contribution in [0.2, 0.25) is 0 Å². The molecule has 0 bridgehead atoms. The molecule has 1 aromatic carbocycles. The minimum atomic E-state index is -0.934. The molecule has 0 aliphatic carbocycles. The van der Waals surface area contributed by atoms with Crippen molar-refractivity contribution in [2.24, 2.45) is 7.05 Å². The van der Waals surface area contributed by atoms with Crippen LogP contribution in [0.15, 0.2) is 18.2 Å². The Bertz CT molecular complexity index is 627. The largest absolute Gasteiger partial charge is 0.478 e. The van der Waals surface area contributed by atoms with Gasteiger partial charge in [0.15, 0.2) is 0 Å². The number of aryl methyl sites for hydroxylation is 3. The standard InChI is InChI=1S/C14H16N2O2/c1-8-6-5-7-11(9(8)2)13-12(14(17)18)10(3)15-16(13)4/h5-7H,1-4H3,(H,17,18). The quantitative estimate of drug-likeness (QED) is 0.883. The lowest BCUT2D eigenvalue weighted by molar-refractivity contribution is 0.0697. The van der Waals surface area contributed by atoms with Gasteiger partial charge >= 0.3 is 5.97 Å². The monoisotopic (exact) mass is 244 g/mol. The van der Waals surface area contributed by atoms with Gasteiger partial charge in [-0.25, -0.2) is 4.79 Å². The van der Waals surface area contributed by atoms with Gasteiger partial charge in [-0.2, -0.15) is 5.10 Å². The van der Waals surface area contributed by atoms with Gasteiger partial charge in [-0.1, -0.05) is 18.2 Å². The molecule has 2 rings (SSSR count). The molecular formula is C14H16N2O2. The molecule has 0 aliphatic rings. The molecule has 1 heterocycles. The van der Waals surface area contributed by atoms with E-state index in [9.17, 15) is 9.90 Å². The topological polar surface area (TPSA) is 55.1 Å². The maximum absolute atomic E-state index is 11.4. The molecule has 4 heteroatoms. The fourth-order valence-corrected chi connectivity index (χ4v) is 2.23. The Labute approximate surface area is 106 Å². The second kappa shape index (κ2) is 4.29. The number of rotatable bonds is 2. The molecule has 0 radical (unpaired) electrons. The summed E-state index contributed by atoms with van der Waals surface area (Å²) < 4.78 is 1.64. The number of benzene rings is 1. The number of aromatic carboxylic acids is 1. The van der Waals surface area contributed by atoms with Crippen LogP contribution < -0.4 is 0 Å². The second-order valence-corrected chi connectivity index (χ2v) is 4.49. The molecule has 94 valence electrons. The highest BCUT2D eigenvalue weighted by Crippen LogP contribution is 2.29. The summed E-state index contributed by atoms with van der Waals surface area (Å²) >= 11 is 0. The van der Waals surface area contributed by atoms with Gasteiger partial charge in [-0.15, -0.1) is 0 Å². The molecule has 0 fully saturated rings. The van der Waals surface area contributed by atoms with Crippen LogP contribution in [0, 0.1) is 20.8 Å². The lowest BCUT2D eigenvalue weighted by atomic mass is 9.98. The number of carboxylic acids is 1. The molecule has 0 saturated heterocycles. The third kappa shape index (κ3) is 1.79. The molecule has 0 saturated carbocycles. The van der Waals surface area contributed by atoms with Gasteiger partial charge in [-0.05, 0) is 31.9 Å². The first-order chi connectivity index (χ1) is 8.43. The molecule has 0 amide bonds. The molecule has 0 aliphatic heterocycles. The van der Waals surface area contributed by atoms with E-state index in [1.807, 2.05) is 32.0 Å². The lowest BCUT2D eigenvalue weighted by Gasteiger charge is -2.10. The maximum Gasteiger partial charge on any atom is 0.339 e. The van der Waals surface area contributed by atoms with E-state index in [1.54, 1.807) is 18.7 Å². The molecule has 0 unspecified atom stereocenters. The highest BCUT2D eigenvalue weighted by atomic mass is 16.4. The van der Waals surface area contributed by atoms with E-state index in [1.165, 1.54) is 0 Å². The Morgan fingerprint density at radius 2 is 1.94 bits per heavy atom. The summed E-state index contributed by atoms with van der Waals surface area (Å²) in [6.07, 6.45) is 0. The van der Waals surface area contributed by atoms with E-state index in [2.05, 4.69) is 5.10 Å². The minimum Gasteiger partial charge on any atom is -0.478 e. The van der Waals surface area contributed by atoms with Crippen molar-refractivity contribution < 1.29 is 9.90 Å². The molecule has 18 heavy (non-hydrogen) atoms. The highest BCUT2D eigenvalue weighted by molar-refractivity contribution is 5.96. The molecule has 1 N–H and O–H groups in total. The molecule has 1 aromatic heterocycles. The number of carbonyl (C=O) groups is 1. The van der Waals surface area contributed by atoms with Crippen molar-refractivity contribution in [3.63, 3.8) is 0 Å². The Morgan fingerprint density at radius 1 is 1.28 bits per heavy atom. The van der Waals surface area contributed by atoms with Gasteiger partial charge in [0.05, 0.1) is 11.4 Å². The zero-order valence-corrected chi connectivity index (χ0v) is 11.0. The van der Waals surface area contributed by atoms with Crippen LogP contribution in [0.3, 0.4) is 0 Å². The molecule has 0 atom stereocenters. The Kier molecular flexibility index (Phi) is 2.95. The van der Waals surface area contributed by atoms with E-state index >= 15 is 0 Å². The first-order valence-corrected chi connectivity index (χ1v) is 5.77. The minimum absolute atomic E-state index is 0.284. The SMILES string of the molecule is Cc1cccc(-c2c(C(=O)O)c(C)nn2C)c1C. The van der Waals surface area contributed by atoms with E-state index in [0.29, 0.717) is 11.4 Å². The van der Waals surface area contributed by atoms with Crippen LogP contribution in [0.5, 0.6) is 0 Å². The summed E-state index contributed by atoms with van der Waals surface area (Å²) in [5, 5.41) is 13.5. The first-order valence-electron chi connectivity index (χ1n) is 5.77. The molecule has 2 aromatic rings. The van der Waals surface area contributed by atoms with E-state index < -0.39 is 5.97 Å². The summed E-state index contributed by atoms with van der Waals surface area (Å²) in [6.45, 7) is 5.74. The number of hydrogen-bond acceptors (Lipinski definition) is 2. The van der Waals surface area contributed by atoms with Gasteiger partial charge in [0.2, 0.25) is 0 Å². The zero-order valence-electron chi connectivity index (χ0n) is 11.0. The number of carboxylic acid groups (broad SMARTS) is 1. The Hall–Kier alpha value is -2.10. The van der Waals surface area contributed by atoms with Crippen LogP contribution in [-0.4, -0.2) is 20.9 Å². The van der Waals surface area contributed by atoms with Crippen LogP contribution in [0.25, 0.3) is 11.3 Å². The highest BCUT2D eigenvalue weighted by Gasteiger charge is 2.22. The normalized spacial score (nSPS) is 10.7. The Balaban J connectivity index is 2.79. The fraction of sp³-hybridized carbons (Fsp3) is 0.286. The number of hydrogen-bond donors (Lipinski definition) is 1. The first kappa shape index (κ1) is 12.4. The predicted molar refractivity (Wildman–Crippen MR) is 69.8 cm³/mol. The lowest BCUT2D eigenvalue weighted by Crippen LogP contribution is -2.03. The van der Waals surface area contributed by atoms with Crippen LogP contribution in [0.1, 0.15) is 27.2 Å². The number of aromatic nitrogens is 2.